The zero-order valence-electron chi connectivity index (χ0n) is 18.3. The number of aryl methyl sites for hydroxylation is 1. The van der Waals surface area contributed by atoms with Crippen LogP contribution in [0.15, 0.2) is 59.3 Å². The predicted molar refractivity (Wildman–Crippen MR) is 120 cm³/mol. The van der Waals surface area contributed by atoms with Crippen LogP contribution in [-0.2, 0) is 6.42 Å². The molecule has 0 spiro atoms. The number of ether oxygens (including phenoxy) is 1. The van der Waals surface area contributed by atoms with Gasteiger partial charge < -0.3 is 18.5 Å². The van der Waals surface area contributed by atoms with Gasteiger partial charge in [0.15, 0.2) is 5.89 Å². The van der Waals surface area contributed by atoms with Gasteiger partial charge >= 0.3 is 0 Å². The number of piperidine rings is 1. The van der Waals surface area contributed by atoms with Crippen molar-refractivity contribution in [3.8, 4) is 5.75 Å². The predicted octanol–water partition coefficient (Wildman–Crippen LogP) is 4.25. The van der Waals surface area contributed by atoms with E-state index in [4.69, 9.17) is 9.15 Å². The molecule has 1 aliphatic heterocycles. The molecule has 1 aliphatic rings. The van der Waals surface area contributed by atoms with Crippen LogP contribution in [0.1, 0.15) is 52.2 Å². The second kappa shape index (κ2) is 8.49. The van der Waals surface area contributed by atoms with Crippen molar-refractivity contribution in [2.75, 3.05) is 20.2 Å². The summed E-state index contributed by atoms with van der Waals surface area (Å²) in [4.78, 5) is 24.1. The summed E-state index contributed by atoms with van der Waals surface area (Å²) in [5.74, 6) is 2.36. The lowest BCUT2D eigenvalue weighted by atomic mass is 9.98. The molecule has 0 N–H and O–H groups in total. The normalized spacial score (nSPS) is 16.4. The molecule has 0 aliphatic carbocycles. The minimum absolute atomic E-state index is 0.0430. The molecular formula is C25H26N4O3. The van der Waals surface area contributed by atoms with Gasteiger partial charge in [-0.1, -0.05) is 24.3 Å². The van der Waals surface area contributed by atoms with Crippen molar-refractivity contribution < 1.29 is 13.9 Å². The molecule has 4 aromatic rings. The number of para-hydroxylation sites is 1. The largest absolute Gasteiger partial charge is 0.496 e. The van der Waals surface area contributed by atoms with Gasteiger partial charge in [-0.25, -0.2) is 9.97 Å². The topological polar surface area (TPSA) is 72.9 Å². The quantitative estimate of drug-likeness (QED) is 0.473. The number of carbonyl (C=O) groups excluding carboxylic acids is 1. The maximum Gasteiger partial charge on any atom is 0.274 e. The Morgan fingerprint density at radius 1 is 1.22 bits per heavy atom. The molecule has 1 atom stereocenters. The zero-order valence-corrected chi connectivity index (χ0v) is 18.3. The van der Waals surface area contributed by atoms with Gasteiger partial charge in [-0.05, 0) is 38.0 Å². The number of imidazole rings is 1. The van der Waals surface area contributed by atoms with E-state index in [0.29, 0.717) is 24.6 Å². The van der Waals surface area contributed by atoms with E-state index < -0.39 is 0 Å². The fraction of sp³-hybridized carbons (Fsp3) is 0.320. The lowest BCUT2D eigenvalue weighted by Gasteiger charge is -2.30. The highest BCUT2D eigenvalue weighted by Crippen LogP contribution is 2.29. The molecule has 0 saturated carbocycles. The number of rotatable bonds is 5. The molecule has 7 nitrogen and oxygen atoms in total. The highest BCUT2D eigenvalue weighted by Gasteiger charge is 2.29. The first kappa shape index (κ1) is 20.3. The molecule has 0 radical (unpaired) electrons. The van der Waals surface area contributed by atoms with E-state index in [1.165, 1.54) is 0 Å². The van der Waals surface area contributed by atoms with Crippen molar-refractivity contribution in [2.45, 2.75) is 32.1 Å². The Hall–Kier alpha value is -3.61. The van der Waals surface area contributed by atoms with Gasteiger partial charge in [-0.3, -0.25) is 4.79 Å². The molecule has 3 aromatic heterocycles. The van der Waals surface area contributed by atoms with E-state index in [0.717, 1.165) is 47.8 Å². The number of pyridine rings is 1. The van der Waals surface area contributed by atoms with Gasteiger partial charge in [-0.15, -0.1) is 0 Å². The number of aromatic nitrogens is 3. The third-order valence-electron chi connectivity index (χ3n) is 6.10. The second-order valence-electron chi connectivity index (χ2n) is 8.27. The Kier molecular flexibility index (Phi) is 5.39. The number of nitrogens with zero attached hydrogens (tertiary/aromatic N) is 4. The van der Waals surface area contributed by atoms with Crippen LogP contribution in [0.5, 0.6) is 5.75 Å². The van der Waals surface area contributed by atoms with Crippen LogP contribution in [-0.4, -0.2) is 45.4 Å². The summed E-state index contributed by atoms with van der Waals surface area (Å²) >= 11 is 0. The van der Waals surface area contributed by atoms with Gasteiger partial charge in [-0.2, -0.15) is 0 Å². The monoisotopic (exact) mass is 430 g/mol. The molecule has 32 heavy (non-hydrogen) atoms. The van der Waals surface area contributed by atoms with Gasteiger partial charge in [0.2, 0.25) is 0 Å². The summed E-state index contributed by atoms with van der Waals surface area (Å²) in [5, 5.41) is 0. The van der Waals surface area contributed by atoms with Crippen molar-refractivity contribution in [3.63, 3.8) is 0 Å². The molecule has 164 valence electrons. The molecule has 1 aromatic carbocycles. The molecule has 1 saturated heterocycles. The van der Waals surface area contributed by atoms with Crippen molar-refractivity contribution in [1.82, 2.24) is 19.3 Å². The van der Waals surface area contributed by atoms with Gasteiger partial charge in [0.05, 0.1) is 19.2 Å². The molecule has 0 unspecified atom stereocenters. The lowest BCUT2D eigenvalue weighted by molar-refractivity contribution is 0.0692. The molecule has 1 amide bonds. The zero-order chi connectivity index (χ0) is 22.1. The van der Waals surface area contributed by atoms with Crippen LogP contribution < -0.4 is 4.74 Å². The highest BCUT2D eigenvalue weighted by molar-refractivity contribution is 5.93. The van der Waals surface area contributed by atoms with Crippen LogP contribution in [0.25, 0.3) is 5.65 Å². The summed E-state index contributed by atoms with van der Waals surface area (Å²) in [6.45, 7) is 3.31. The van der Waals surface area contributed by atoms with Crippen LogP contribution in [0.3, 0.4) is 0 Å². The fourth-order valence-electron chi connectivity index (χ4n) is 4.41. The van der Waals surface area contributed by atoms with Gasteiger partial charge in [0, 0.05) is 37.0 Å². The van der Waals surface area contributed by atoms with Crippen molar-refractivity contribution in [2.24, 2.45) is 0 Å². The van der Waals surface area contributed by atoms with E-state index in [-0.39, 0.29) is 11.8 Å². The SMILES string of the molecule is COc1ccccc1Cc1cnc([C@@H]2CCCN(C(=O)c3cn4c(C)cccc4n3)C2)o1. The maximum atomic E-state index is 13.2. The number of methoxy groups -OCH3 is 1. The minimum Gasteiger partial charge on any atom is -0.496 e. The molecule has 4 heterocycles. The number of hydrogen-bond acceptors (Lipinski definition) is 5. The minimum atomic E-state index is -0.0430. The standard InChI is InChI=1S/C25H26N4O3/c1-17-7-5-11-23-27-21(16-29(17)23)25(30)28-12-6-9-19(15-28)24-26-14-20(32-24)13-18-8-3-4-10-22(18)31-2/h3-5,7-8,10-11,14,16,19H,6,9,12-13,15H2,1-2H3/t19-/m1/s1. The summed E-state index contributed by atoms with van der Waals surface area (Å²) in [7, 11) is 1.67. The van der Waals surface area contributed by atoms with E-state index in [2.05, 4.69) is 9.97 Å². The van der Waals surface area contributed by atoms with Crippen molar-refractivity contribution >= 4 is 11.6 Å². The smallest absolute Gasteiger partial charge is 0.274 e. The second-order valence-corrected chi connectivity index (χ2v) is 8.27. The van der Waals surface area contributed by atoms with E-state index in [1.54, 1.807) is 13.3 Å². The van der Waals surface area contributed by atoms with Crippen LogP contribution in [0.2, 0.25) is 0 Å². The lowest BCUT2D eigenvalue weighted by Crippen LogP contribution is -2.39. The first-order valence-electron chi connectivity index (χ1n) is 10.9. The Morgan fingerprint density at radius 3 is 2.94 bits per heavy atom. The third kappa shape index (κ3) is 3.86. The first-order valence-corrected chi connectivity index (χ1v) is 10.9. The van der Waals surface area contributed by atoms with Crippen LogP contribution in [0.4, 0.5) is 0 Å². The average molecular weight is 431 g/mol. The van der Waals surface area contributed by atoms with Crippen LogP contribution >= 0.6 is 0 Å². The Bertz CT molecular complexity index is 1260. The number of hydrogen-bond donors (Lipinski definition) is 0. The molecular weight excluding hydrogens is 404 g/mol. The van der Waals surface area contributed by atoms with E-state index in [9.17, 15) is 4.79 Å². The fourth-order valence-corrected chi connectivity index (χ4v) is 4.41. The molecule has 5 rings (SSSR count). The van der Waals surface area contributed by atoms with E-state index in [1.807, 2.05) is 64.9 Å². The number of benzene rings is 1. The summed E-state index contributed by atoms with van der Waals surface area (Å²) in [6.07, 6.45) is 6.09. The third-order valence-corrected chi connectivity index (χ3v) is 6.10. The van der Waals surface area contributed by atoms with Gasteiger partial charge in [0.25, 0.3) is 5.91 Å². The summed E-state index contributed by atoms with van der Waals surface area (Å²) in [6, 6.07) is 13.8. The number of oxazole rings is 1. The Balaban J connectivity index is 1.30. The molecule has 1 fully saturated rings. The summed E-state index contributed by atoms with van der Waals surface area (Å²) < 4.78 is 13.5. The Labute approximate surface area is 186 Å². The van der Waals surface area contributed by atoms with Crippen molar-refractivity contribution in [1.29, 1.82) is 0 Å². The molecule has 0 bridgehead atoms. The van der Waals surface area contributed by atoms with Gasteiger partial charge in [0.1, 0.15) is 22.9 Å². The first-order chi connectivity index (χ1) is 15.6. The van der Waals surface area contributed by atoms with Crippen LogP contribution in [0, 0.1) is 6.92 Å². The number of likely N-dealkylation sites (tertiary alicyclic amines) is 1. The molecule has 7 heteroatoms. The highest BCUT2D eigenvalue weighted by atomic mass is 16.5. The average Bonchev–Trinajstić information content (AvgIpc) is 3.47. The number of amides is 1. The van der Waals surface area contributed by atoms with Crippen molar-refractivity contribution in [3.05, 3.63) is 83.5 Å². The Morgan fingerprint density at radius 2 is 2.09 bits per heavy atom. The number of carbonyl (C=O) groups is 1. The van der Waals surface area contributed by atoms with E-state index >= 15 is 0 Å². The maximum absolute atomic E-state index is 13.2. The number of fused-ring (bicyclic) bond motifs is 1. The summed E-state index contributed by atoms with van der Waals surface area (Å²) in [5.41, 5.74) is 3.37.